The Balaban J connectivity index is 1.08. The molecule has 5 aromatic heterocycles. The largest absolute Gasteiger partial charge is 0.456 e. The maximum absolute atomic E-state index is 6.73. The van der Waals surface area contributed by atoms with E-state index in [9.17, 15) is 0 Å². The molecule has 0 aliphatic rings. The van der Waals surface area contributed by atoms with Gasteiger partial charge in [-0.15, -0.1) is 0 Å². The molecule has 0 aliphatic heterocycles. The number of nitrogens with zero attached hydrogens (tertiary/aromatic N) is 2. The number of pyridine rings is 1. The number of para-hydroxylation sites is 1. The van der Waals surface area contributed by atoms with Crippen LogP contribution in [0.1, 0.15) is 0 Å². The Labute approximate surface area is 293 Å². The quantitative estimate of drug-likeness (QED) is 0.173. The Hall–Kier alpha value is -7.11. The molecule has 0 bridgehead atoms. The Morgan fingerprint density at radius 3 is 1.96 bits per heavy atom. The standard InChI is InChI=1S/C47H24N2O3/c1-2-15-37-27(8-1)32-23-36-33(24-42(32)50-37)47-35(14-7-21-48-47)49(36)34-13-6-18-38-44(34)30-20-19-25(22-41(30)52-38)26-9-3-10-28-29-11-4-16-39-45(29)46-31(43(26)28)12-5-17-40(46)51-39/h1-24H. The van der Waals surface area contributed by atoms with Gasteiger partial charge in [0.05, 0.1) is 27.6 Å². The highest BCUT2D eigenvalue weighted by Crippen LogP contribution is 2.46. The number of fused-ring (bicyclic) bond motifs is 12. The fraction of sp³-hybridized carbons (Fsp3) is 0. The van der Waals surface area contributed by atoms with Crippen molar-refractivity contribution in [1.29, 1.82) is 0 Å². The molecule has 13 aromatic rings. The molecule has 0 radical (unpaired) electrons. The van der Waals surface area contributed by atoms with Crippen LogP contribution in [0.4, 0.5) is 0 Å². The molecular weight excluding hydrogens is 641 g/mol. The molecule has 0 amide bonds. The molecule has 0 N–H and O–H groups in total. The van der Waals surface area contributed by atoms with Gasteiger partial charge in [0, 0.05) is 38.5 Å². The number of furan rings is 3. The molecule has 5 heterocycles. The van der Waals surface area contributed by atoms with E-state index in [1.54, 1.807) is 0 Å². The second-order valence-corrected chi connectivity index (χ2v) is 13.8. The highest BCUT2D eigenvalue weighted by molar-refractivity contribution is 6.35. The second kappa shape index (κ2) is 9.36. The van der Waals surface area contributed by atoms with Gasteiger partial charge in [-0.3, -0.25) is 4.98 Å². The van der Waals surface area contributed by atoms with Crippen molar-refractivity contribution >= 4 is 109 Å². The first-order valence-corrected chi connectivity index (χ1v) is 17.5. The van der Waals surface area contributed by atoms with Crippen LogP contribution in [0.2, 0.25) is 0 Å². The fourth-order valence-corrected chi connectivity index (χ4v) is 9.08. The van der Waals surface area contributed by atoms with E-state index in [2.05, 4.69) is 126 Å². The van der Waals surface area contributed by atoms with E-state index >= 15 is 0 Å². The van der Waals surface area contributed by atoms with Gasteiger partial charge < -0.3 is 17.8 Å². The summed E-state index contributed by atoms with van der Waals surface area (Å²) in [6.07, 6.45) is 1.86. The van der Waals surface area contributed by atoms with Gasteiger partial charge >= 0.3 is 0 Å². The molecule has 5 heteroatoms. The van der Waals surface area contributed by atoms with E-state index in [4.69, 9.17) is 18.2 Å². The first kappa shape index (κ1) is 26.7. The third-order valence-corrected chi connectivity index (χ3v) is 11.2. The monoisotopic (exact) mass is 664 g/mol. The third-order valence-electron chi connectivity index (χ3n) is 11.2. The number of rotatable bonds is 2. The van der Waals surface area contributed by atoms with E-state index in [0.29, 0.717) is 0 Å². The van der Waals surface area contributed by atoms with Gasteiger partial charge in [-0.05, 0) is 99.4 Å². The molecule has 0 aliphatic carbocycles. The number of hydrogen-bond acceptors (Lipinski definition) is 4. The molecule has 0 atom stereocenters. The van der Waals surface area contributed by atoms with Crippen molar-refractivity contribution in [2.24, 2.45) is 0 Å². The van der Waals surface area contributed by atoms with Crippen LogP contribution in [-0.2, 0) is 0 Å². The molecule has 0 unspecified atom stereocenters. The zero-order chi connectivity index (χ0) is 33.7. The molecule has 0 spiro atoms. The highest BCUT2D eigenvalue weighted by atomic mass is 16.3. The first-order valence-electron chi connectivity index (χ1n) is 17.5. The van der Waals surface area contributed by atoms with Crippen molar-refractivity contribution in [3.05, 3.63) is 146 Å². The van der Waals surface area contributed by atoms with Crippen LogP contribution in [0.15, 0.2) is 159 Å². The van der Waals surface area contributed by atoms with E-state index < -0.39 is 0 Å². The molecule has 5 nitrogen and oxygen atoms in total. The Morgan fingerprint density at radius 1 is 0.385 bits per heavy atom. The lowest BCUT2D eigenvalue weighted by molar-refractivity contribution is 0.668. The van der Waals surface area contributed by atoms with Gasteiger partial charge in [-0.25, -0.2) is 0 Å². The van der Waals surface area contributed by atoms with Crippen molar-refractivity contribution < 1.29 is 13.3 Å². The first-order chi connectivity index (χ1) is 25.8. The summed E-state index contributed by atoms with van der Waals surface area (Å²) in [6.45, 7) is 0. The van der Waals surface area contributed by atoms with Crippen LogP contribution >= 0.6 is 0 Å². The summed E-state index contributed by atoms with van der Waals surface area (Å²) in [6, 6.07) is 49.2. The van der Waals surface area contributed by atoms with E-state index in [0.717, 1.165) is 88.2 Å². The van der Waals surface area contributed by atoms with Gasteiger partial charge in [0.2, 0.25) is 0 Å². The molecular formula is C47H24N2O3. The number of aromatic nitrogens is 2. The maximum Gasteiger partial charge on any atom is 0.137 e. The SMILES string of the molecule is c1ccc2c(c1)oc1cc3c4ncccc4n(-c4cccc5oc6cc(-c7cccc8c9cccc%10oc%11cccc(c78)c%11c%109)ccc6c45)c3cc12. The normalized spacial score (nSPS) is 12.6. The van der Waals surface area contributed by atoms with Gasteiger partial charge in [0.25, 0.3) is 0 Å². The summed E-state index contributed by atoms with van der Waals surface area (Å²) in [5.41, 5.74) is 11.6. The molecule has 0 saturated heterocycles. The molecule has 13 rings (SSSR count). The second-order valence-electron chi connectivity index (χ2n) is 13.8. The zero-order valence-corrected chi connectivity index (χ0v) is 27.5. The van der Waals surface area contributed by atoms with Crippen LogP contribution < -0.4 is 0 Å². The van der Waals surface area contributed by atoms with Crippen molar-refractivity contribution in [2.75, 3.05) is 0 Å². The minimum absolute atomic E-state index is 0.841. The smallest absolute Gasteiger partial charge is 0.137 e. The lowest BCUT2D eigenvalue weighted by Crippen LogP contribution is -1.94. The summed E-state index contributed by atoms with van der Waals surface area (Å²) in [4.78, 5) is 4.87. The molecule has 0 saturated carbocycles. The van der Waals surface area contributed by atoms with E-state index in [1.165, 1.54) is 37.9 Å². The van der Waals surface area contributed by atoms with Crippen LogP contribution in [0.5, 0.6) is 0 Å². The lowest BCUT2D eigenvalue weighted by atomic mass is 9.89. The minimum Gasteiger partial charge on any atom is -0.456 e. The molecule has 240 valence electrons. The van der Waals surface area contributed by atoms with Crippen LogP contribution in [0, 0.1) is 0 Å². The van der Waals surface area contributed by atoms with Crippen molar-refractivity contribution in [3.8, 4) is 16.8 Å². The fourth-order valence-electron chi connectivity index (χ4n) is 9.08. The molecule has 52 heavy (non-hydrogen) atoms. The van der Waals surface area contributed by atoms with Crippen molar-refractivity contribution in [2.45, 2.75) is 0 Å². The van der Waals surface area contributed by atoms with Gasteiger partial charge in [0.1, 0.15) is 33.5 Å². The van der Waals surface area contributed by atoms with Crippen LogP contribution in [-0.4, -0.2) is 9.55 Å². The van der Waals surface area contributed by atoms with Crippen LogP contribution in [0.25, 0.3) is 126 Å². The summed E-state index contributed by atoms with van der Waals surface area (Å²) in [5, 5.41) is 12.6. The van der Waals surface area contributed by atoms with Gasteiger partial charge in [0.15, 0.2) is 0 Å². The average Bonchev–Trinajstić information content (AvgIpc) is 3.95. The molecule has 0 fully saturated rings. The summed E-state index contributed by atoms with van der Waals surface area (Å²) in [7, 11) is 0. The number of hydrogen-bond donors (Lipinski definition) is 0. The lowest BCUT2D eigenvalue weighted by Gasteiger charge is -2.13. The highest BCUT2D eigenvalue weighted by Gasteiger charge is 2.22. The topological polar surface area (TPSA) is 57.2 Å². The van der Waals surface area contributed by atoms with E-state index in [1.807, 2.05) is 24.4 Å². The predicted molar refractivity (Wildman–Crippen MR) is 212 cm³/mol. The Morgan fingerprint density at radius 2 is 1.06 bits per heavy atom. The summed E-state index contributed by atoms with van der Waals surface area (Å²) >= 11 is 0. The zero-order valence-electron chi connectivity index (χ0n) is 27.5. The minimum atomic E-state index is 0.841. The third kappa shape index (κ3) is 3.26. The predicted octanol–water partition coefficient (Wildman–Crippen LogP) is 13.3. The van der Waals surface area contributed by atoms with Gasteiger partial charge in [-0.1, -0.05) is 72.8 Å². The Kier molecular flexibility index (Phi) is 4.81. The van der Waals surface area contributed by atoms with Gasteiger partial charge in [-0.2, -0.15) is 0 Å². The maximum atomic E-state index is 6.73. The van der Waals surface area contributed by atoms with Crippen LogP contribution in [0.3, 0.4) is 0 Å². The number of benzene rings is 8. The van der Waals surface area contributed by atoms with E-state index in [-0.39, 0.29) is 0 Å². The summed E-state index contributed by atoms with van der Waals surface area (Å²) in [5.74, 6) is 0. The van der Waals surface area contributed by atoms with Crippen molar-refractivity contribution in [3.63, 3.8) is 0 Å². The van der Waals surface area contributed by atoms with Crippen molar-refractivity contribution in [1.82, 2.24) is 9.55 Å². The average molecular weight is 665 g/mol. The molecule has 8 aromatic carbocycles. The Bertz CT molecular complexity index is 3650. The summed E-state index contributed by atoms with van der Waals surface area (Å²) < 4.78 is 21.7.